The second-order valence-corrected chi connectivity index (χ2v) is 4.84. The van der Waals surface area contributed by atoms with E-state index in [1.54, 1.807) is 18.9 Å². The van der Waals surface area contributed by atoms with Crippen molar-refractivity contribution in [1.29, 1.82) is 0 Å². The molecule has 5 heteroatoms. The minimum Gasteiger partial charge on any atom is -0.377 e. The molecule has 2 fully saturated rings. The number of rotatable bonds is 2. The van der Waals surface area contributed by atoms with Crippen molar-refractivity contribution in [2.45, 2.75) is 44.3 Å². The molecule has 1 amide bonds. The molecule has 3 atom stereocenters. The third-order valence-corrected chi connectivity index (χ3v) is 3.71. The van der Waals surface area contributed by atoms with Gasteiger partial charge in [-0.05, 0) is 33.2 Å². The monoisotopic (exact) mass is 240 g/mol. The first-order valence-electron chi connectivity index (χ1n) is 6.22. The van der Waals surface area contributed by atoms with Gasteiger partial charge >= 0.3 is 0 Å². The van der Waals surface area contributed by atoms with Crippen LogP contribution in [-0.2, 0) is 14.3 Å². The summed E-state index contributed by atoms with van der Waals surface area (Å²) in [7, 11) is 1.75. The zero-order valence-corrected chi connectivity index (χ0v) is 10.4. The first-order chi connectivity index (χ1) is 8.15. The molecule has 0 aliphatic carbocycles. The van der Waals surface area contributed by atoms with E-state index in [0.717, 1.165) is 19.3 Å². The van der Waals surface area contributed by atoms with Crippen LogP contribution in [0.15, 0.2) is 0 Å². The quantitative estimate of drug-likeness (QED) is 0.735. The van der Waals surface area contributed by atoms with Crippen molar-refractivity contribution in [3.63, 3.8) is 0 Å². The molecule has 0 spiro atoms. The Morgan fingerprint density at radius 2 is 2.18 bits per heavy atom. The normalized spacial score (nSPS) is 34.1. The predicted octanol–water partition coefficient (Wildman–Crippen LogP) is -0.0567. The summed E-state index contributed by atoms with van der Waals surface area (Å²) in [5.41, 5.74) is 0. The van der Waals surface area contributed by atoms with Crippen LogP contribution in [-0.4, -0.2) is 55.0 Å². The van der Waals surface area contributed by atoms with Crippen LogP contribution in [0.3, 0.4) is 0 Å². The Labute approximate surface area is 101 Å². The third-order valence-electron chi connectivity index (χ3n) is 3.71. The summed E-state index contributed by atoms with van der Waals surface area (Å²) in [6.07, 6.45) is 2.71. The summed E-state index contributed by atoms with van der Waals surface area (Å²) in [6.45, 7) is 2.51. The van der Waals surface area contributed by atoms with E-state index in [4.69, 9.17) is 4.74 Å². The number of carbonyl (C=O) groups excluding carboxylic acids is 2. The number of ketones is 1. The summed E-state index contributed by atoms with van der Waals surface area (Å²) in [6, 6.07) is -0.498. The Morgan fingerprint density at radius 3 is 2.82 bits per heavy atom. The molecule has 0 bridgehead atoms. The number of piperidine rings is 1. The van der Waals surface area contributed by atoms with E-state index in [-0.39, 0.29) is 29.8 Å². The fourth-order valence-corrected chi connectivity index (χ4v) is 2.76. The van der Waals surface area contributed by atoms with Crippen LogP contribution >= 0.6 is 0 Å². The molecular formula is C12H20N2O3. The van der Waals surface area contributed by atoms with Gasteiger partial charge < -0.3 is 15.0 Å². The maximum Gasteiger partial charge on any atom is 0.243 e. The molecule has 0 aromatic carbocycles. The lowest BCUT2D eigenvalue weighted by Crippen LogP contribution is -2.57. The van der Waals surface area contributed by atoms with Gasteiger partial charge in [0.2, 0.25) is 5.91 Å². The lowest BCUT2D eigenvalue weighted by atomic mass is 9.93. The van der Waals surface area contributed by atoms with Gasteiger partial charge in [0.1, 0.15) is 6.04 Å². The van der Waals surface area contributed by atoms with E-state index in [0.29, 0.717) is 13.2 Å². The first-order valence-corrected chi connectivity index (χ1v) is 6.22. The van der Waals surface area contributed by atoms with E-state index in [2.05, 4.69) is 5.32 Å². The molecule has 0 aromatic heterocycles. The van der Waals surface area contributed by atoms with Gasteiger partial charge in [-0.15, -0.1) is 0 Å². The minimum absolute atomic E-state index is 0.00917. The molecule has 5 nitrogen and oxygen atoms in total. The van der Waals surface area contributed by atoms with Gasteiger partial charge in [0.05, 0.1) is 25.3 Å². The number of carbonyl (C=O) groups is 2. The SMILES string of the molecule is CN[C@H]1COC[C@H]2CCC[C@@H](C(C)=O)N2C1=O. The molecule has 2 aliphatic heterocycles. The molecular weight excluding hydrogens is 220 g/mol. The van der Waals surface area contributed by atoms with Gasteiger partial charge in [-0.25, -0.2) is 0 Å². The summed E-state index contributed by atoms with van der Waals surface area (Å²) in [5.74, 6) is 0.0923. The lowest BCUT2D eigenvalue weighted by Gasteiger charge is -2.40. The number of hydrogen-bond acceptors (Lipinski definition) is 4. The fraction of sp³-hybridized carbons (Fsp3) is 0.833. The third kappa shape index (κ3) is 2.35. The van der Waals surface area contributed by atoms with E-state index in [1.165, 1.54) is 0 Å². The van der Waals surface area contributed by atoms with Crippen molar-refractivity contribution >= 4 is 11.7 Å². The molecule has 0 unspecified atom stereocenters. The van der Waals surface area contributed by atoms with E-state index in [9.17, 15) is 9.59 Å². The molecule has 17 heavy (non-hydrogen) atoms. The molecule has 0 radical (unpaired) electrons. The highest BCUT2D eigenvalue weighted by Crippen LogP contribution is 2.26. The maximum atomic E-state index is 12.4. The number of nitrogens with one attached hydrogen (secondary N) is 1. The first kappa shape index (κ1) is 12.5. The number of likely N-dealkylation sites (N-methyl/N-ethyl adjacent to an activating group) is 1. The smallest absolute Gasteiger partial charge is 0.243 e. The summed E-state index contributed by atoms with van der Waals surface area (Å²) in [5, 5.41) is 2.96. The van der Waals surface area contributed by atoms with Gasteiger partial charge in [-0.3, -0.25) is 9.59 Å². The van der Waals surface area contributed by atoms with Crippen LogP contribution in [0, 0.1) is 0 Å². The average Bonchev–Trinajstić information content (AvgIpc) is 2.48. The van der Waals surface area contributed by atoms with Crippen LogP contribution in [0.4, 0.5) is 0 Å². The lowest BCUT2D eigenvalue weighted by molar-refractivity contribution is -0.144. The summed E-state index contributed by atoms with van der Waals surface area (Å²) in [4.78, 5) is 25.8. The van der Waals surface area contributed by atoms with Gasteiger partial charge in [0.25, 0.3) is 0 Å². The average molecular weight is 240 g/mol. The largest absolute Gasteiger partial charge is 0.377 e. The van der Waals surface area contributed by atoms with Crippen molar-refractivity contribution in [2.75, 3.05) is 20.3 Å². The van der Waals surface area contributed by atoms with Crippen molar-refractivity contribution in [3.05, 3.63) is 0 Å². The highest BCUT2D eigenvalue weighted by atomic mass is 16.5. The van der Waals surface area contributed by atoms with Crippen LogP contribution < -0.4 is 5.32 Å². The molecule has 1 N–H and O–H groups in total. The Balaban J connectivity index is 2.24. The fourth-order valence-electron chi connectivity index (χ4n) is 2.76. The van der Waals surface area contributed by atoms with Gasteiger partial charge in [-0.1, -0.05) is 0 Å². The van der Waals surface area contributed by atoms with Crippen molar-refractivity contribution in [2.24, 2.45) is 0 Å². The molecule has 2 saturated heterocycles. The highest BCUT2D eigenvalue weighted by Gasteiger charge is 2.40. The number of Topliss-reactive ketones (excluding diaryl/α,β-unsaturated/α-hetero) is 1. The van der Waals surface area contributed by atoms with Crippen molar-refractivity contribution < 1.29 is 14.3 Å². The number of amides is 1. The zero-order valence-electron chi connectivity index (χ0n) is 10.4. The predicted molar refractivity (Wildman–Crippen MR) is 62.6 cm³/mol. The Morgan fingerprint density at radius 1 is 1.41 bits per heavy atom. The van der Waals surface area contributed by atoms with Crippen molar-refractivity contribution in [1.82, 2.24) is 10.2 Å². The van der Waals surface area contributed by atoms with Gasteiger partial charge in [0, 0.05) is 0 Å². The second kappa shape index (κ2) is 5.14. The van der Waals surface area contributed by atoms with Crippen LogP contribution in [0.2, 0.25) is 0 Å². The van der Waals surface area contributed by atoms with Crippen LogP contribution in [0.1, 0.15) is 26.2 Å². The summed E-state index contributed by atoms with van der Waals surface area (Å²) >= 11 is 0. The second-order valence-electron chi connectivity index (χ2n) is 4.84. The Kier molecular flexibility index (Phi) is 3.79. The van der Waals surface area contributed by atoms with E-state index < -0.39 is 0 Å². The topological polar surface area (TPSA) is 58.6 Å². The minimum atomic E-state index is -0.319. The number of hydrogen-bond donors (Lipinski definition) is 1. The van der Waals surface area contributed by atoms with Gasteiger partial charge in [-0.2, -0.15) is 0 Å². The molecule has 96 valence electrons. The standard InChI is InChI=1S/C12H20N2O3/c1-8(15)11-5-3-4-9-6-17-7-10(13-2)12(16)14(9)11/h9-11,13H,3-7H2,1-2H3/t9-,10+,11+/m1/s1. The number of nitrogens with zero attached hydrogens (tertiary/aromatic N) is 1. The van der Waals surface area contributed by atoms with Gasteiger partial charge in [0.15, 0.2) is 5.78 Å². The molecule has 2 rings (SSSR count). The number of fused-ring (bicyclic) bond motifs is 1. The molecule has 2 aliphatic rings. The van der Waals surface area contributed by atoms with E-state index >= 15 is 0 Å². The zero-order chi connectivity index (χ0) is 12.4. The molecule has 0 aromatic rings. The molecule has 0 saturated carbocycles. The van der Waals surface area contributed by atoms with E-state index in [1.807, 2.05) is 0 Å². The number of ether oxygens (including phenoxy) is 1. The van der Waals surface area contributed by atoms with Crippen molar-refractivity contribution in [3.8, 4) is 0 Å². The highest BCUT2D eigenvalue weighted by molar-refractivity contribution is 5.90. The Hall–Kier alpha value is -0.940. The molecule has 2 heterocycles. The van der Waals surface area contributed by atoms with Crippen LogP contribution in [0.25, 0.3) is 0 Å². The van der Waals surface area contributed by atoms with Crippen LogP contribution in [0.5, 0.6) is 0 Å². The summed E-state index contributed by atoms with van der Waals surface area (Å²) < 4.78 is 5.53. The maximum absolute atomic E-state index is 12.4. The Bertz CT molecular complexity index is 319.